The fraction of sp³-hybridized carbons (Fsp3) is 0.778. The van der Waals surface area contributed by atoms with Gasteiger partial charge in [0.2, 0.25) is 0 Å². The quantitative estimate of drug-likeness (QED) is 0.702. The lowest BCUT2D eigenvalue weighted by Crippen LogP contribution is -2.41. The van der Waals surface area contributed by atoms with Crippen LogP contribution in [0.4, 0.5) is 0 Å². The second-order valence-electron chi connectivity index (χ2n) is 4.00. The molecular weight excluding hydrogens is 198 g/mol. The second kappa shape index (κ2) is 4.21. The molecule has 0 amide bonds. The van der Waals surface area contributed by atoms with Crippen molar-refractivity contribution >= 4 is 22.8 Å². The average Bonchev–Trinajstić information content (AvgIpc) is 2.07. The SMILES string of the molecule is CC(C)C1=NS(=O)N=C(C(C)C)N1C. The first-order chi connectivity index (χ1) is 6.43. The van der Waals surface area contributed by atoms with Crippen LogP contribution in [-0.2, 0) is 11.2 Å². The molecule has 0 saturated carbocycles. The normalized spacial score (nSPS) is 18.9. The van der Waals surface area contributed by atoms with E-state index in [1.165, 1.54) is 0 Å². The van der Waals surface area contributed by atoms with Gasteiger partial charge in [-0.15, -0.1) is 0 Å². The molecule has 1 rings (SSSR count). The molecule has 0 atom stereocenters. The minimum Gasteiger partial charge on any atom is -0.319 e. The monoisotopic (exact) mass is 215 g/mol. The Morgan fingerprint density at radius 3 is 1.71 bits per heavy atom. The summed E-state index contributed by atoms with van der Waals surface area (Å²) in [5.74, 6) is 2.24. The van der Waals surface area contributed by atoms with Crippen LogP contribution < -0.4 is 0 Å². The second-order valence-corrected chi connectivity index (χ2v) is 4.82. The van der Waals surface area contributed by atoms with Crippen LogP contribution >= 0.6 is 0 Å². The van der Waals surface area contributed by atoms with Gasteiger partial charge in [-0.25, -0.2) is 4.21 Å². The lowest BCUT2D eigenvalue weighted by molar-refractivity contribution is 0.620. The Morgan fingerprint density at radius 2 is 1.43 bits per heavy atom. The zero-order chi connectivity index (χ0) is 10.9. The van der Waals surface area contributed by atoms with Gasteiger partial charge in [0.05, 0.1) is 0 Å². The summed E-state index contributed by atoms with van der Waals surface area (Å²) in [4.78, 5) is 1.94. The van der Waals surface area contributed by atoms with Gasteiger partial charge in [0, 0.05) is 18.9 Å². The summed E-state index contributed by atoms with van der Waals surface area (Å²) in [5, 5.41) is 0. The number of hydrogen-bond acceptors (Lipinski definition) is 2. The molecule has 0 N–H and O–H groups in total. The zero-order valence-corrected chi connectivity index (χ0v) is 10.1. The van der Waals surface area contributed by atoms with Gasteiger partial charge in [-0.1, -0.05) is 27.7 Å². The highest BCUT2D eigenvalue weighted by atomic mass is 32.2. The molecule has 14 heavy (non-hydrogen) atoms. The smallest absolute Gasteiger partial charge is 0.268 e. The molecule has 0 aromatic rings. The maximum atomic E-state index is 11.3. The minimum absolute atomic E-state index is 0.271. The number of rotatable bonds is 2. The molecule has 0 aromatic carbocycles. The van der Waals surface area contributed by atoms with Crippen LogP contribution in [0.15, 0.2) is 8.80 Å². The molecule has 0 fully saturated rings. The molecule has 0 aromatic heterocycles. The number of amidine groups is 2. The van der Waals surface area contributed by atoms with E-state index in [4.69, 9.17) is 0 Å². The first kappa shape index (κ1) is 11.4. The molecule has 0 bridgehead atoms. The lowest BCUT2D eigenvalue weighted by Gasteiger charge is -2.29. The van der Waals surface area contributed by atoms with Gasteiger partial charge in [0.25, 0.3) is 11.2 Å². The maximum Gasteiger partial charge on any atom is 0.268 e. The fourth-order valence-electron chi connectivity index (χ4n) is 1.41. The molecule has 4 nitrogen and oxygen atoms in total. The Kier molecular flexibility index (Phi) is 3.42. The predicted molar refractivity (Wildman–Crippen MR) is 60.5 cm³/mol. The summed E-state index contributed by atoms with van der Waals surface area (Å²) in [6, 6.07) is 0. The van der Waals surface area contributed by atoms with E-state index >= 15 is 0 Å². The van der Waals surface area contributed by atoms with Crippen molar-refractivity contribution in [1.82, 2.24) is 4.90 Å². The lowest BCUT2D eigenvalue weighted by atomic mass is 10.1. The van der Waals surface area contributed by atoms with Gasteiger partial charge in [0.15, 0.2) is 0 Å². The van der Waals surface area contributed by atoms with Gasteiger partial charge in [-0.3, -0.25) is 0 Å². The Balaban J connectivity index is 3.00. The van der Waals surface area contributed by atoms with Crippen LogP contribution in [0.3, 0.4) is 0 Å². The molecule has 0 unspecified atom stereocenters. The van der Waals surface area contributed by atoms with Gasteiger partial charge < -0.3 is 4.90 Å². The summed E-state index contributed by atoms with van der Waals surface area (Å²) in [6.45, 7) is 8.15. The third-order valence-corrected chi connectivity index (χ3v) is 2.75. The topological polar surface area (TPSA) is 45.0 Å². The minimum atomic E-state index is -1.43. The van der Waals surface area contributed by atoms with Crippen LogP contribution in [0, 0.1) is 11.8 Å². The summed E-state index contributed by atoms with van der Waals surface area (Å²) in [7, 11) is 1.92. The summed E-state index contributed by atoms with van der Waals surface area (Å²) >= 11 is -1.43. The molecule has 1 aliphatic rings. The molecule has 0 spiro atoms. The van der Waals surface area contributed by atoms with Crippen molar-refractivity contribution in [2.75, 3.05) is 7.05 Å². The Bertz CT molecular complexity index is 279. The summed E-state index contributed by atoms with van der Waals surface area (Å²) < 4.78 is 19.4. The molecular formula is C9H17N3OS. The molecule has 5 heteroatoms. The van der Waals surface area contributed by atoms with Gasteiger partial charge >= 0.3 is 0 Å². The molecule has 1 aliphatic heterocycles. The molecule has 1 heterocycles. The summed E-state index contributed by atoms with van der Waals surface area (Å²) in [6.07, 6.45) is 0. The van der Waals surface area contributed by atoms with E-state index in [1.54, 1.807) is 0 Å². The summed E-state index contributed by atoms with van der Waals surface area (Å²) in [5.41, 5.74) is 0. The Labute approximate surface area is 87.8 Å². The molecule has 0 radical (unpaired) electrons. The van der Waals surface area contributed by atoms with Crippen LogP contribution in [0.1, 0.15) is 27.7 Å². The van der Waals surface area contributed by atoms with Crippen molar-refractivity contribution in [1.29, 1.82) is 0 Å². The van der Waals surface area contributed by atoms with Gasteiger partial charge in [-0.2, -0.15) is 8.80 Å². The standard InChI is InChI=1S/C9H17N3OS/c1-6(2)8-10-14(13)11-9(7(3)4)12(8)5/h6-7H,1-5H3. The van der Waals surface area contributed by atoms with E-state index in [9.17, 15) is 4.21 Å². The van der Waals surface area contributed by atoms with Crippen molar-refractivity contribution in [3.8, 4) is 0 Å². The molecule has 0 saturated heterocycles. The third-order valence-electron chi connectivity index (χ3n) is 2.06. The van der Waals surface area contributed by atoms with Crippen molar-refractivity contribution in [2.24, 2.45) is 20.6 Å². The van der Waals surface area contributed by atoms with Crippen LogP contribution in [0.2, 0.25) is 0 Å². The first-order valence-corrected chi connectivity index (χ1v) is 5.82. The van der Waals surface area contributed by atoms with Crippen molar-refractivity contribution in [2.45, 2.75) is 27.7 Å². The fourth-order valence-corrected chi connectivity index (χ4v) is 2.43. The largest absolute Gasteiger partial charge is 0.319 e. The zero-order valence-electron chi connectivity index (χ0n) is 9.31. The number of hydrogen-bond donors (Lipinski definition) is 0. The number of nitrogens with zero attached hydrogens (tertiary/aromatic N) is 3. The Hall–Kier alpha value is -0.710. The van der Waals surface area contributed by atoms with Crippen LogP contribution in [0.5, 0.6) is 0 Å². The average molecular weight is 215 g/mol. The van der Waals surface area contributed by atoms with Crippen molar-refractivity contribution in [3.63, 3.8) is 0 Å². The predicted octanol–water partition coefficient (Wildman–Crippen LogP) is 1.62. The van der Waals surface area contributed by atoms with E-state index in [0.29, 0.717) is 0 Å². The van der Waals surface area contributed by atoms with Gasteiger partial charge in [0.1, 0.15) is 11.7 Å². The highest BCUT2D eigenvalue weighted by molar-refractivity contribution is 7.82. The van der Waals surface area contributed by atoms with E-state index in [1.807, 2.05) is 39.6 Å². The van der Waals surface area contributed by atoms with E-state index in [-0.39, 0.29) is 11.8 Å². The van der Waals surface area contributed by atoms with Crippen LogP contribution in [0.25, 0.3) is 0 Å². The molecule has 80 valence electrons. The van der Waals surface area contributed by atoms with Gasteiger partial charge in [-0.05, 0) is 0 Å². The highest BCUT2D eigenvalue weighted by Crippen LogP contribution is 2.14. The molecule has 0 aliphatic carbocycles. The third kappa shape index (κ3) is 2.20. The van der Waals surface area contributed by atoms with Crippen molar-refractivity contribution in [3.05, 3.63) is 0 Å². The van der Waals surface area contributed by atoms with E-state index in [2.05, 4.69) is 8.80 Å². The maximum absolute atomic E-state index is 11.3. The van der Waals surface area contributed by atoms with E-state index in [0.717, 1.165) is 11.7 Å². The Morgan fingerprint density at radius 1 is 1.07 bits per heavy atom. The highest BCUT2D eigenvalue weighted by Gasteiger charge is 2.24. The van der Waals surface area contributed by atoms with E-state index < -0.39 is 11.2 Å². The first-order valence-electron chi connectivity index (χ1n) is 4.76. The van der Waals surface area contributed by atoms with Crippen molar-refractivity contribution < 1.29 is 4.21 Å². The van der Waals surface area contributed by atoms with Crippen LogP contribution in [-0.4, -0.2) is 27.8 Å².